The normalized spacial score (nSPS) is 14.7. The lowest BCUT2D eigenvalue weighted by molar-refractivity contribution is 0.0786. The molecule has 1 fully saturated rings. The van der Waals surface area contributed by atoms with Crippen LogP contribution in [0, 0.1) is 6.92 Å². The number of nitrogens with one attached hydrogen (secondary N) is 2. The van der Waals surface area contributed by atoms with Gasteiger partial charge < -0.3 is 31.1 Å². The Kier molecular flexibility index (Phi) is 6.94. The van der Waals surface area contributed by atoms with E-state index in [0.717, 1.165) is 70.1 Å². The lowest BCUT2D eigenvalue weighted by atomic mass is 9.98. The maximum absolute atomic E-state index is 10.4. The molecule has 2 aromatic heterocycles. The first kappa shape index (κ1) is 25.3. The van der Waals surface area contributed by atoms with E-state index in [4.69, 9.17) is 20.4 Å². The molecular formula is C28H34N6O2S. The Bertz CT molecular complexity index is 1410. The second-order valence-corrected chi connectivity index (χ2v) is 11.0. The van der Waals surface area contributed by atoms with E-state index < -0.39 is 5.60 Å². The van der Waals surface area contributed by atoms with E-state index in [-0.39, 0.29) is 6.04 Å². The smallest absolute Gasteiger partial charge is 0.230 e. The van der Waals surface area contributed by atoms with Crippen molar-refractivity contribution in [2.45, 2.75) is 45.3 Å². The summed E-state index contributed by atoms with van der Waals surface area (Å²) in [5.74, 6) is 2.01. The third kappa shape index (κ3) is 5.49. The van der Waals surface area contributed by atoms with Gasteiger partial charge in [0, 0.05) is 36.6 Å². The molecule has 3 heterocycles. The van der Waals surface area contributed by atoms with Gasteiger partial charge in [-0.05, 0) is 74.4 Å². The molecule has 1 aliphatic rings. The number of thiophene rings is 1. The molecule has 0 aliphatic carbocycles. The van der Waals surface area contributed by atoms with E-state index in [1.54, 1.807) is 32.3 Å². The Labute approximate surface area is 221 Å². The zero-order chi connectivity index (χ0) is 26.2. The molecule has 0 unspecified atom stereocenters. The van der Waals surface area contributed by atoms with Crippen molar-refractivity contribution in [1.82, 2.24) is 9.97 Å². The van der Waals surface area contributed by atoms with Gasteiger partial charge in [0.05, 0.1) is 23.8 Å². The molecule has 8 nitrogen and oxygen atoms in total. The van der Waals surface area contributed by atoms with Crippen molar-refractivity contribution in [2.24, 2.45) is 5.73 Å². The van der Waals surface area contributed by atoms with Crippen molar-refractivity contribution in [1.29, 1.82) is 0 Å². The Morgan fingerprint density at radius 2 is 1.84 bits per heavy atom. The summed E-state index contributed by atoms with van der Waals surface area (Å²) in [4.78, 5) is 12.8. The monoisotopic (exact) mass is 518 g/mol. The number of nitrogens with two attached hydrogens (primary N) is 1. The Morgan fingerprint density at radius 3 is 2.57 bits per heavy atom. The molecule has 0 amide bonds. The number of aromatic nitrogens is 2. The zero-order valence-electron chi connectivity index (χ0n) is 21.7. The molecule has 0 bridgehead atoms. The number of hydrogen-bond donors (Lipinski definition) is 4. The van der Waals surface area contributed by atoms with E-state index in [1.807, 2.05) is 36.4 Å². The third-order valence-electron chi connectivity index (χ3n) is 6.77. The van der Waals surface area contributed by atoms with Gasteiger partial charge in [0.15, 0.2) is 0 Å². The van der Waals surface area contributed by atoms with Gasteiger partial charge in [-0.2, -0.15) is 4.98 Å². The van der Waals surface area contributed by atoms with Gasteiger partial charge in [-0.3, -0.25) is 0 Å². The van der Waals surface area contributed by atoms with E-state index in [1.165, 1.54) is 0 Å². The summed E-state index contributed by atoms with van der Waals surface area (Å²) in [7, 11) is 1.69. The average molecular weight is 519 g/mol. The summed E-state index contributed by atoms with van der Waals surface area (Å²) < 4.78 is 5.73. The van der Waals surface area contributed by atoms with Crippen LogP contribution < -0.4 is 26.0 Å². The number of rotatable bonds is 7. The number of piperidine rings is 1. The van der Waals surface area contributed by atoms with Crippen LogP contribution in [0.3, 0.4) is 0 Å². The fraction of sp³-hybridized carbons (Fsp3) is 0.357. The number of anilines is 5. The van der Waals surface area contributed by atoms with Crippen LogP contribution in [-0.2, 0) is 5.60 Å². The van der Waals surface area contributed by atoms with E-state index in [2.05, 4.69) is 33.9 Å². The number of ether oxygens (including phenoxy) is 1. The molecule has 0 saturated carbocycles. The Balaban J connectivity index is 1.44. The fourth-order valence-corrected chi connectivity index (χ4v) is 5.55. The Morgan fingerprint density at radius 1 is 1.08 bits per heavy atom. The van der Waals surface area contributed by atoms with Gasteiger partial charge in [0.25, 0.3) is 0 Å². The number of benzene rings is 2. The number of fused-ring (bicyclic) bond motifs is 1. The van der Waals surface area contributed by atoms with Gasteiger partial charge in [0.2, 0.25) is 5.95 Å². The summed E-state index contributed by atoms with van der Waals surface area (Å²) >= 11 is 1.59. The first-order valence-corrected chi connectivity index (χ1v) is 13.4. The van der Waals surface area contributed by atoms with Crippen LogP contribution in [0.25, 0.3) is 10.2 Å². The first-order valence-electron chi connectivity index (χ1n) is 12.5. The predicted molar refractivity (Wildman–Crippen MR) is 153 cm³/mol. The number of methoxy groups -OCH3 is 1. The van der Waals surface area contributed by atoms with Crippen LogP contribution in [0.2, 0.25) is 0 Å². The molecule has 9 heteroatoms. The third-order valence-corrected chi connectivity index (χ3v) is 7.76. The average Bonchev–Trinajstić information content (AvgIpc) is 3.25. The van der Waals surface area contributed by atoms with E-state index >= 15 is 0 Å². The van der Waals surface area contributed by atoms with Crippen LogP contribution in [0.4, 0.5) is 28.8 Å². The summed E-state index contributed by atoms with van der Waals surface area (Å²) in [6, 6.07) is 14.1. The van der Waals surface area contributed by atoms with Gasteiger partial charge in [-0.15, -0.1) is 11.3 Å². The summed E-state index contributed by atoms with van der Waals surface area (Å²) in [6.07, 6.45) is 1.96. The highest BCUT2D eigenvalue weighted by molar-refractivity contribution is 7.17. The van der Waals surface area contributed by atoms with E-state index in [9.17, 15) is 5.11 Å². The minimum atomic E-state index is -0.935. The first-order chi connectivity index (χ1) is 17.7. The van der Waals surface area contributed by atoms with Crippen LogP contribution in [0.15, 0.2) is 47.8 Å². The van der Waals surface area contributed by atoms with Crippen LogP contribution >= 0.6 is 11.3 Å². The van der Waals surface area contributed by atoms with Gasteiger partial charge in [-0.1, -0.05) is 12.1 Å². The van der Waals surface area contributed by atoms with Crippen molar-refractivity contribution in [3.05, 3.63) is 59.0 Å². The van der Waals surface area contributed by atoms with Gasteiger partial charge >= 0.3 is 0 Å². The number of aryl methyl sites for hydroxylation is 1. The molecule has 2 aromatic carbocycles. The highest BCUT2D eigenvalue weighted by Crippen LogP contribution is 2.36. The summed E-state index contributed by atoms with van der Waals surface area (Å²) in [5.41, 5.74) is 9.85. The van der Waals surface area contributed by atoms with Crippen LogP contribution in [0.5, 0.6) is 5.75 Å². The van der Waals surface area contributed by atoms with Gasteiger partial charge in [0.1, 0.15) is 16.4 Å². The minimum absolute atomic E-state index is 0.275. The van der Waals surface area contributed by atoms with E-state index in [0.29, 0.717) is 11.8 Å². The van der Waals surface area contributed by atoms with Crippen molar-refractivity contribution >= 4 is 50.4 Å². The van der Waals surface area contributed by atoms with Crippen molar-refractivity contribution in [3.63, 3.8) is 0 Å². The second kappa shape index (κ2) is 10.2. The SMILES string of the molecule is COc1cc(Nc2nc(Nc3cccc(C(C)(C)O)c3)c3c(C)csc3n2)ccc1N1CCC(N)CC1. The quantitative estimate of drug-likeness (QED) is 0.249. The molecule has 4 aromatic rings. The maximum atomic E-state index is 10.4. The molecule has 0 atom stereocenters. The van der Waals surface area contributed by atoms with Crippen LogP contribution in [-0.4, -0.2) is 41.3 Å². The van der Waals surface area contributed by atoms with Crippen molar-refractivity contribution < 1.29 is 9.84 Å². The highest BCUT2D eigenvalue weighted by Gasteiger charge is 2.20. The predicted octanol–water partition coefficient (Wildman–Crippen LogP) is 5.65. The standard InChI is InChI=1S/C28H34N6O2S/c1-17-16-37-26-24(17)25(30-20-7-5-6-18(14-20)28(2,3)35)32-27(33-26)31-21-8-9-22(23(15-21)36-4)34-12-10-19(29)11-13-34/h5-9,14-16,19,35H,10-13,29H2,1-4H3,(H2,30,31,32,33). The lowest BCUT2D eigenvalue weighted by Crippen LogP contribution is -2.39. The number of aliphatic hydroxyl groups is 1. The minimum Gasteiger partial charge on any atom is -0.495 e. The topological polar surface area (TPSA) is 109 Å². The molecule has 1 saturated heterocycles. The zero-order valence-corrected chi connectivity index (χ0v) is 22.5. The highest BCUT2D eigenvalue weighted by atomic mass is 32.1. The molecule has 5 N–H and O–H groups in total. The van der Waals surface area contributed by atoms with Gasteiger partial charge in [-0.25, -0.2) is 4.98 Å². The lowest BCUT2D eigenvalue weighted by Gasteiger charge is -2.33. The number of nitrogens with zero attached hydrogens (tertiary/aromatic N) is 3. The Hall–Kier alpha value is -3.40. The molecule has 0 radical (unpaired) electrons. The largest absolute Gasteiger partial charge is 0.495 e. The summed E-state index contributed by atoms with van der Waals surface area (Å²) in [6.45, 7) is 7.46. The molecule has 1 aliphatic heterocycles. The van der Waals surface area contributed by atoms with Crippen molar-refractivity contribution in [3.8, 4) is 5.75 Å². The fourth-order valence-electron chi connectivity index (χ4n) is 4.63. The van der Waals surface area contributed by atoms with Crippen LogP contribution in [0.1, 0.15) is 37.8 Å². The maximum Gasteiger partial charge on any atom is 0.230 e. The molecular weight excluding hydrogens is 484 g/mol. The second-order valence-electron chi connectivity index (χ2n) is 10.1. The summed E-state index contributed by atoms with van der Waals surface area (Å²) in [5, 5.41) is 20.3. The molecule has 194 valence electrons. The van der Waals surface area contributed by atoms with Crippen molar-refractivity contribution in [2.75, 3.05) is 35.7 Å². The molecule has 0 spiro atoms. The molecule has 5 rings (SSSR count). The molecule has 37 heavy (non-hydrogen) atoms. The number of hydrogen-bond acceptors (Lipinski definition) is 9.